The lowest BCUT2D eigenvalue weighted by atomic mass is 10.1. The van der Waals surface area contributed by atoms with E-state index in [-0.39, 0.29) is 0 Å². The quantitative estimate of drug-likeness (QED) is 0.774. The van der Waals surface area contributed by atoms with E-state index in [1.54, 1.807) is 6.33 Å². The Morgan fingerprint density at radius 3 is 2.44 bits per heavy atom. The molecule has 0 saturated carbocycles. The Balaban J connectivity index is 2.12. The maximum Gasteiger partial charge on any atom is 0.142 e. The topological polar surface area (TPSA) is 29.0 Å². The van der Waals surface area contributed by atoms with E-state index in [2.05, 4.69) is 14.9 Å². The van der Waals surface area contributed by atoms with Gasteiger partial charge < -0.3 is 4.90 Å². The predicted molar refractivity (Wildman–Crippen MR) is 73.9 cm³/mol. The summed E-state index contributed by atoms with van der Waals surface area (Å²) in [4.78, 5) is 10.8. The van der Waals surface area contributed by atoms with Crippen LogP contribution in [0.5, 0.6) is 0 Å². The second-order valence-corrected chi connectivity index (χ2v) is 4.78. The van der Waals surface area contributed by atoms with Crippen LogP contribution in [0.15, 0.2) is 36.7 Å². The van der Waals surface area contributed by atoms with Gasteiger partial charge in [0, 0.05) is 13.1 Å². The molecule has 2 heterocycles. The fraction of sp³-hybridized carbons (Fsp3) is 0.286. The lowest BCUT2D eigenvalue weighted by Crippen LogP contribution is -2.20. The third kappa shape index (κ3) is 2.06. The number of halogens is 1. The first-order chi connectivity index (χ1) is 8.86. The number of hydrogen-bond donors (Lipinski definition) is 0. The third-order valence-electron chi connectivity index (χ3n) is 3.25. The molecule has 92 valence electrons. The highest BCUT2D eigenvalue weighted by Gasteiger charge is 2.20. The van der Waals surface area contributed by atoms with Crippen molar-refractivity contribution in [3.8, 4) is 11.1 Å². The van der Waals surface area contributed by atoms with Gasteiger partial charge in [-0.25, -0.2) is 9.97 Å². The van der Waals surface area contributed by atoms with Crippen molar-refractivity contribution in [2.24, 2.45) is 0 Å². The highest BCUT2D eigenvalue weighted by Crippen LogP contribution is 2.35. The van der Waals surface area contributed by atoms with Gasteiger partial charge in [0.25, 0.3) is 0 Å². The van der Waals surface area contributed by atoms with Crippen molar-refractivity contribution in [1.29, 1.82) is 0 Å². The van der Waals surface area contributed by atoms with E-state index in [1.165, 1.54) is 12.8 Å². The molecule has 1 aliphatic heterocycles. The van der Waals surface area contributed by atoms with Crippen LogP contribution >= 0.6 is 11.6 Å². The van der Waals surface area contributed by atoms with Crippen molar-refractivity contribution in [3.63, 3.8) is 0 Å². The molecule has 1 aliphatic rings. The van der Waals surface area contributed by atoms with Gasteiger partial charge in [-0.05, 0) is 18.4 Å². The number of aromatic nitrogens is 2. The number of nitrogens with zero attached hydrogens (tertiary/aromatic N) is 3. The van der Waals surface area contributed by atoms with Gasteiger partial charge in [-0.1, -0.05) is 41.9 Å². The Bertz CT molecular complexity index is 536. The van der Waals surface area contributed by atoms with E-state index in [0.717, 1.165) is 30.0 Å². The summed E-state index contributed by atoms with van der Waals surface area (Å²) in [5.41, 5.74) is 2.02. The molecule has 1 saturated heterocycles. The SMILES string of the molecule is Clc1ncnc(N2CCCC2)c1-c1ccccc1. The Morgan fingerprint density at radius 2 is 1.72 bits per heavy atom. The van der Waals surface area contributed by atoms with Gasteiger partial charge in [0.15, 0.2) is 0 Å². The fourth-order valence-corrected chi connectivity index (χ4v) is 2.61. The van der Waals surface area contributed by atoms with Gasteiger partial charge in [-0.2, -0.15) is 0 Å². The minimum atomic E-state index is 0.526. The minimum absolute atomic E-state index is 0.526. The molecule has 0 radical (unpaired) electrons. The molecule has 1 fully saturated rings. The van der Waals surface area contributed by atoms with Crippen LogP contribution in [-0.2, 0) is 0 Å². The maximum atomic E-state index is 6.26. The van der Waals surface area contributed by atoms with Crippen molar-refractivity contribution in [2.75, 3.05) is 18.0 Å². The van der Waals surface area contributed by atoms with Crippen molar-refractivity contribution in [1.82, 2.24) is 9.97 Å². The number of anilines is 1. The van der Waals surface area contributed by atoms with E-state index >= 15 is 0 Å². The van der Waals surface area contributed by atoms with E-state index < -0.39 is 0 Å². The summed E-state index contributed by atoms with van der Waals surface area (Å²) in [6, 6.07) is 10.1. The first kappa shape index (κ1) is 11.5. The van der Waals surface area contributed by atoms with E-state index in [4.69, 9.17) is 11.6 Å². The Kier molecular flexibility index (Phi) is 3.15. The molecule has 0 bridgehead atoms. The van der Waals surface area contributed by atoms with E-state index in [1.807, 2.05) is 30.3 Å². The number of hydrogen-bond acceptors (Lipinski definition) is 3. The molecule has 1 aromatic carbocycles. The standard InChI is InChI=1S/C14H14ClN3/c15-13-12(11-6-2-1-3-7-11)14(17-10-16-13)18-8-4-5-9-18/h1-3,6-7,10H,4-5,8-9H2. The molecule has 0 unspecified atom stereocenters. The summed E-state index contributed by atoms with van der Waals surface area (Å²) in [6.07, 6.45) is 3.98. The van der Waals surface area contributed by atoms with Gasteiger partial charge in [0.2, 0.25) is 0 Å². The average Bonchev–Trinajstić information content (AvgIpc) is 2.93. The summed E-state index contributed by atoms with van der Waals surface area (Å²) >= 11 is 6.26. The van der Waals surface area contributed by atoms with E-state index in [9.17, 15) is 0 Å². The molecule has 0 N–H and O–H groups in total. The molecule has 0 atom stereocenters. The number of benzene rings is 1. The van der Waals surface area contributed by atoms with Gasteiger partial charge in [-0.3, -0.25) is 0 Å². The lowest BCUT2D eigenvalue weighted by Gasteiger charge is -2.20. The fourth-order valence-electron chi connectivity index (χ4n) is 2.38. The molecule has 4 heteroatoms. The summed E-state index contributed by atoms with van der Waals surface area (Å²) < 4.78 is 0. The zero-order chi connectivity index (χ0) is 12.4. The smallest absolute Gasteiger partial charge is 0.142 e. The molecule has 2 aromatic rings. The van der Waals surface area contributed by atoms with Crippen molar-refractivity contribution >= 4 is 17.4 Å². The van der Waals surface area contributed by atoms with Crippen molar-refractivity contribution in [3.05, 3.63) is 41.8 Å². The lowest BCUT2D eigenvalue weighted by molar-refractivity contribution is 0.929. The molecule has 1 aromatic heterocycles. The summed E-state index contributed by atoms with van der Waals surface area (Å²) in [5.74, 6) is 0.957. The van der Waals surface area contributed by atoms with Crippen LogP contribution in [0, 0.1) is 0 Å². The van der Waals surface area contributed by atoms with Gasteiger partial charge in [-0.15, -0.1) is 0 Å². The zero-order valence-corrected chi connectivity index (χ0v) is 10.8. The third-order valence-corrected chi connectivity index (χ3v) is 3.54. The molecule has 3 nitrogen and oxygen atoms in total. The Labute approximate surface area is 111 Å². The van der Waals surface area contributed by atoms with Gasteiger partial charge in [0.05, 0.1) is 5.56 Å². The van der Waals surface area contributed by atoms with Crippen LogP contribution in [0.2, 0.25) is 5.15 Å². The molecule has 0 aliphatic carbocycles. The largest absolute Gasteiger partial charge is 0.356 e. The first-order valence-corrected chi connectivity index (χ1v) is 6.55. The van der Waals surface area contributed by atoms with Crippen molar-refractivity contribution in [2.45, 2.75) is 12.8 Å². The maximum absolute atomic E-state index is 6.26. The predicted octanol–water partition coefficient (Wildman–Crippen LogP) is 3.40. The van der Waals surface area contributed by atoms with Crippen LogP contribution in [0.25, 0.3) is 11.1 Å². The summed E-state index contributed by atoms with van der Waals surface area (Å²) in [5, 5.41) is 0.526. The van der Waals surface area contributed by atoms with Crippen LogP contribution in [0.1, 0.15) is 12.8 Å². The monoisotopic (exact) mass is 259 g/mol. The van der Waals surface area contributed by atoms with Crippen LogP contribution in [-0.4, -0.2) is 23.1 Å². The average molecular weight is 260 g/mol. The van der Waals surface area contributed by atoms with E-state index in [0.29, 0.717) is 5.15 Å². The normalized spacial score (nSPS) is 15.1. The minimum Gasteiger partial charge on any atom is -0.356 e. The second-order valence-electron chi connectivity index (χ2n) is 4.42. The second kappa shape index (κ2) is 4.94. The van der Waals surface area contributed by atoms with Crippen molar-refractivity contribution < 1.29 is 0 Å². The Hall–Kier alpha value is -1.61. The van der Waals surface area contributed by atoms with Crippen LogP contribution in [0.4, 0.5) is 5.82 Å². The van der Waals surface area contributed by atoms with Gasteiger partial charge >= 0.3 is 0 Å². The van der Waals surface area contributed by atoms with Crippen LogP contribution in [0.3, 0.4) is 0 Å². The molecule has 18 heavy (non-hydrogen) atoms. The van der Waals surface area contributed by atoms with Gasteiger partial charge in [0.1, 0.15) is 17.3 Å². The highest BCUT2D eigenvalue weighted by molar-refractivity contribution is 6.32. The first-order valence-electron chi connectivity index (χ1n) is 6.17. The Morgan fingerprint density at radius 1 is 1.00 bits per heavy atom. The zero-order valence-electron chi connectivity index (χ0n) is 10.0. The van der Waals surface area contributed by atoms with Crippen LogP contribution < -0.4 is 4.90 Å². The number of rotatable bonds is 2. The molecule has 3 rings (SSSR count). The molecule has 0 amide bonds. The molecule has 0 spiro atoms. The highest BCUT2D eigenvalue weighted by atomic mass is 35.5. The summed E-state index contributed by atoms with van der Waals surface area (Å²) in [7, 11) is 0. The molecular formula is C14H14ClN3. The summed E-state index contributed by atoms with van der Waals surface area (Å²) in [6.45, 7) is 2.10. The molecular weight excluding hydrogens is 246 g/mol.